The molecule has 2 aromatic rings. The maximum absolute atomic E-state index is 12.1. The fourth-order valence-electron chi connectivity index (χ4n) is 1.67. The highest BCUT2D eigenvalue weighted by atomic mass is 32.2. The molecule has 2 rings (SSSR count). The third-order valence-corrected chi connectivity index (χ3v) is 3.99. The van der Waals surface area contributed by atoms with Crippen molar-refractivity contribution in [1.82, 2.24) is 19.5 Å². The van der Waals surface area contributed by atoms with Crippen molar-refractivity contribution >= 4 is 15.7 Å². The van der Waals surface area contributed by atoms with Crippen molar-refractivity contribution in [2.45, 2.75) is 24.5 Å². The number of sulfonamides is 1. The Kier molecular flexibility index (Phi) is 3.82. The average Bonchev–Trinajstić information content (AvgIpc) is 2.81. The van der Waals surface area contributed by atoms with E-state index >= 15 is 0 Å². The van der Waals surface area contributed by atoms with Crippen LogP contribution in [0.2, 0.25) is 0 Å². The van der Waals surface area contributed by atoms with Crippen molar-refractivity contribution in [2.24, 2.45) is 0 Å². The van der Waals surface area contributed by atoms with Crippen LogP contribution >= 0.6 is 0 Å². The highest BCUT2D eigenvalue weighted by Gasteiger charge is 2.21. The minimum Gasteiger partial charge on any atom is -0.396 e. The van der Waals surface area contributed by atoms with Crippen molar-refractivity contribution in [1.29, 1.82) is 0 Å². The van der Waals surface area contributed by atoms with Gasteiger partial charge in [-0.1, -0.05) is 0 Å². The van der Waals surface area contributed by atoms with Crippen LogP contribution < -0.4 is 10.5 Å². The average molecular weight is 281 g/mol. The number of rotatable bonds is 5. The van der Waals surface area contributed by atoms with Gasteiger partial charge in [-0.25, -0.2) is 18.1 Å². The number of hydrogen-bond donors (Lipinski definition) is 2. The number of nitrogen functional groups attached to an aromatic ring is 1. The summed E-state index contributed by atoms with van der Waals surface area (Å²) in [5, 5.41) is 3.87. The van der Waals surface area contributed by atoms with Crippen molar-refractivity contribution in [3.63, 3.8) is 0 Å². The number of nitrogens with one attached hydrogen (secondary N) is 1. The molecule has 1 atom stereocenters. The van der Waals surface area contributed by atoms with E-state index in [1.807, 2.05) is 0 Å². The van der Waals surface area contributed by atoms with Crippen LogP contribution in [0.1, 0.15) is 6.92 Å². The lowest BCUT2D eigenvalue weighted by molar-refractivity contribution is 0.493. The van der Waals surface area contributed by atoms with Gasteiger partial charge < -0.3 is 5.73 Å². The SMILES string of the molecule is CC(Cn1cccn1)NS(=O)(=O)c1ncccc1N. The van der Waals surface area contributed by atoms with E-state index in [1.54, 1.807) is 36.1 Å². The minimum absolute atomic E-state index is 0.126. The van der Waals surface area contributed by atoms with Crippen LogP contribution in [0.3, 0.4) is 0 Å². The predicted octanol–water partition coefficient (Wildman–Crippen LogP) is 0.227. The predicted molar refractivity (Wildman–Crippen MR) is 70.7 cm³/mol. The topological polar surface area (TPSA) is 103 Å². The summed E-state index contributed by atoms with van der Waals surface area (Å²) in [7, 11) is -3.72. The Morgan fingerprint density at radius 2 is 2.21 bits per heavy atom. The van der Waals surface area contributed by atoms with Crippen LogP contribution in [0, 0.1) is 0 Å². The Balaban J connectivity index is 2.11. The number of nitrogens with two attached hydrogens (primary N) is 1. The zero-order valence-electron chi connectivity index (χ0n) is 10.4. The highest BCUT2D eigenvalue weighted by Crippen LogP contribution is 2.14. The van der Waals surface area contributed by atoms with Crippen LogP contribution in [0.5, 0.6) is 0 Å². The van der Waals surface area contributed by atoms with Gasteiger partial charge in [-0.05, 0) is 25.1 Å². The van der Waals surface area contributed by atoms with Crippen LogP contribution in [0.4, 0.5) is 5.69 Å². The fraction of sp³-hybridized carbons (Fsp3) is 0.273. The molecule has 0 fully saturated rings. The van der Waals surface area contributed by atoms with Crippen molar-refractivity contribution in [2.75, 3.05) is 5.73 Å². The first kappa shape index (κ1) is 13.5. The molecule has 0 aliphatic heterocycles. The summed E-state index contributed by atoms with van der Waals surface area (Å²) in [5.41, 5.74) is 5.75. The third kappa shape index (κ3) is 3.30. The standard InChI is InChI=1S/C11H15N5O2S/c1-9(8-16-7-3-6-14-16)15-19(17,18)11-10(12)4-2-5-13-11/h2-7,9,15H,8,12H2,1H3. The third-order valence-electron chi connectivity index (χ3n) is 2.43. The lowest BCUT2D eigenvalue weighted by Gasteiger charge is -2.14. The molecule has 0 saturated heterocycles. The van der Waals surface area contributed by atoms with Gasteiger partial charge in [0.2, 0.25) is 0 Å². The van der Waals surface area contributed by atoms with Gasteiger partial charge in [0.15, 0.2) is 5.03 Å². The summed E-state index contributed by atoms with van der Waals surface area (Å²) in [5.74, 6) is 0. The molecule has 0 saturated carbocycles. The molecule has 1 unspecified atom stereocenters. The van der Waals surface area contributed by atoms with E-state index in [-0.39, 0.29) is 16.8 Å². The van der Waals surface area contributed by atoms with Crippen molar-refractivity contribution < 1.29 is 8.42 Å². The second-order valence-corrected chi connectivity index (χ2v) is 5.78. The maximum atomic E-state index is 12.1. The number of aromatic nitrogens is 3. The Morgan fingerprint density at radius 3 is 2.84 bits per heavy atom. The maximum Gasteiger partial charge on any atom is 0.260 e. The summed E-state index contributed by atoms with van der Waals surface area (Å²) in [6.07, 6.45) is 4.79. The largest absolute Gasteiger partial charge is 0.396 e. The van der Waals surface area contributed by atoms with E-state index in [0.717, 1.165) is 0 Å². The quantitative estimate of drug-likeness (QED) is 0.816. The molecule has 3 N–H and O–H groups in total. The highest BCUT2D eigenvalue weighted by molar-refractivity contribution is 7.89. The fourth-order valence-corrected chi connectivity index (χ4v) is 2.97. The van der Waals surface area contributed by atoms with Gasteiger partial charge in [-0.2, -0.15) is 5.10 Å². The summed E-state index contributed by atoms with van der Waals surface area (Å²) in [6.45, 7) is 2.18. The molecule has 7 nitrogen and oxygen atoms in total. The van der Waals surface area contributed by atoms with E-state index in [2.05, 4.69) is 14.8 Å². The van der Waals surface area contributed by atoms with Crippen LogP contribution in [0.15, 0.2) is 41.8 Å². The molecule has 0 aromatic carbocycles. The van der Waals surface area contributed by atoms with Gasteiger partial charge >= 0.3 is 0 Å². The van der Waals surface area contributed by atoms with Crippen LogP contribution in [-0.2, 0) is 16.6 Å². The second kappa shape index (κ2) is 5.37. The molecule has 0 spiro atoms. The van der Waals surface area contributed by atoms with Crippen molar-refractivity contribution in [3.05, 3.63) is 36.8 Å². The van der Waals surface area contributed by atoms with E-state index < -0.39 is 10.0 Å². The van der Waals surface area contributed by atoms with E-state index in [4.69, 9.17) is 5.73 Å². The molecule has 0 aliphatic rings. The van der Waals surface area contributed by atoms with Gasteiger partial charge in [0.05, 0.1) is 12.2 Å². The molecule has 19 heavy (non-hydrogen) atoms. The van der Waals surface area contributed by atoms with Gasteiger partial charge in [-0.15, -0.1) is 0 Å². The normalized spacial score (nSPS) is 13.3. The first-order valence-corrected chi connectivity index (χ1v) is 7.17. The van der Waals surface area contributed by atoms with Crippen molar-refractivity contribution in [3.8, 4) is 0 Å². The zero-order valence-corrected chi connectivity index (χ0v) is 11.2. The Morgan fingerprint density at radius 1 is 1.42 bits per heavy atom. The Bertz CT molecular complexity index is 639. The molecule has 8 heteroatoms. The van der Waals surface area contributed by atoms with Gasteiger partial charge in [0, 0.05) is 24.6 Å². The lowest BCUT2D eigenvalue weighted by atomic mass is 10.4. The molecular weight excluding hydrogens is 266 g/mol. The molecule has 2 aromatic heterocycles. The smallest absolute Gasteiger partial charge is 0.260 e. The summed E-state index contributed by atoms with van der Waals surface area (Å²) in [4.78, 5) is 3.80. The first-order valence-electron chi connectivity index (χ1n) is 5.69. The second-order valence-electron chi connectivity index (χ2n) is 4.15. The van der Waals surface area contributed by atoms with E-state index in [1.165, 1.54) is 12.3 Å². The summed E-state index contributed by atoms with van der Waals surface area (Å²) in [6, 6.07) is 4.53. The minimum atomic E-state index is -3.72. The Labute approximate surface area is 111 Å². The first-order chi connectivity index (χ1) is 8.99. The Hall–Kier alpha value is -1.93. The molecular formula is C11H15N5O2S. The lowest BCUT2D eigenvalue weighted by Crippen LogP contribution is -2.36. The monoisotopic (exact) mass is 281 g/mol. The molecule has 0 aliphatic carbocycles. The van der Waals surface area contributed by atoms with Gasteiger partial charge in [-0.3, -0.25) is 4.68 Å². The molecule has 0 radical (unpaired) electrons. The number of pyridine rings is 1. The van der Waals surface area contributed by atoms with Gasteiger partial charge in [0.25, 0.3) is 10.0 Å². The summed E-state index contributed by atoms with van der Waals surface area (Å²) >= 11 is 0. The summed E-state index contributed by atoms with van der Waals surface area (Å²) < 4.78 is 28.4. The number of nitrogens with zero attached hydrogens (tertiary/aromatic N) is 3. The number of hydrogen-bond acceptors (Lipinski definition) is 5. The molecule has 0 bridgehead atoms. The molecule has 102 valence electrons. The molecule has 0 amide bonds. The van der Waals surface area contributed by atoms with E-state index in [0.29, 0.717) is 6.54 Å². The zero-order chi connectivity index (χ0) is 13.9. The van der Waals surface area contributed by atoms with Crippen LogP contribution in [0.25, 0.3) is 0 Å². The molecule has 2 heterocycles. The van der Waals surface area contributed by atoms with Crippen LogP contribution in [-0.4, -0.2) is 29.2 Å². The number of anilines is 1. The van der Waals surface area contributed by atoms with Gasteiger partial charge in [0.1, 0.15) is 0 Å². The van der Waals surface area contributed by atoms with E-state index in [9.17, 15) is 8.42 Å².